The van der Waals surface area contributed by atoms with Gasteiger partial charge in [-0.15, -0.1) is 11.3 Å². The highest BCUT2D eigenvalue weighted by Crippen LogP contribution is 2.16. The first-order valence-corrected chi connectivity index (χ1v) is 6.95. The van der Waals surface area contributed by atoms with E-state index in [1.54, 1.807) is 11.4 Å². The summed E-state index contributed by atoms with van der Waals surface area (Å²) in [7, 11) is -3.67. The number of nitrogens with one attached hydrogen (secondary N) is 1. The van der Waals surface area contributed by atoms with Crippen molar-refractivity contribution >= 4 is 27.2 Å². The van der Waals surface area contributed by atoms with Crippen molar-refractivity contribution in [3.63, 3.8) is 0 Å². The molecule has 5 nitrogen and oxygen atoms in total. The highest BCUT2D eigenvalue weighted by Gasteiger charge is 2.15. The average molecular weight is 265 g/mol. The van der Waals surface area contributed by atoms with Crippen LogP contribution in [0.1, 0.15) is 5.56 Å². The molecule has 0 spiro atoms. The van der Waals surface area contributed by atoms with E-state index in [0.29, 0.717) is 5.56 Å². The Morgan fingerprint density at radius 1 is 1.41 bits per heavy atom. The van der Waals surface area contributed by atoms with Gasteiger partial charge < -0.3 is 0 Å². The monoisotopic (exact) mass is 265 g/mol. The molecule has 0 fully saturated rings. The molecule has 0 saturated carbocycles. The van der Waals surface area contributed by atoms with Gasteiger partial charge in [-0.1, -0.05) is 6.07 Å². The summed E-state index contributed by atoms with van der Waals surface area (Å²) in [6.45, 7) is 0. The third kappa shape index (κ3) is 2.61. The summed E-state index contributed by atoms with van der Waals surface area (Å²) < 4.78 is 26.2. The van der Waals surface area contributed by atoms with Gasteiger partial charge in [-0.2, -0.15) is 5.26 Å². The smallest absolute Gasteiger partial charge is 0.263 e. The van der Waals surface area contributed by atoms with Crippen molar-refractivity contribution in [2.24, 2.45) is 0 Å². The van der Waals surface area contributed by atoms with Crippen molar-refractivity contribution in [3.05, 3.63) is 40.7 Å². The minimum atomic E-state index is -3.67. The molecule has 0 amide bonds. The minimum Gasteiger partial charge on any atom is -0.263 e. The Kier molecular flexibility index (Phi) is 3.08. The van der Waals surface area contributed by atoms with Gasteiger partial charge >= 0.3 is 0 Å². The van der Waals surface area contributed by atoms with Gasteiger partial charge in [0, 0.05) is 5.38 Å². The van der Waals surface area contributed by atoms with Crippen LogP contribution in [0.25, 0.3) is 0 Å². The second kappa shape index (κ2) is 4.53. The van der Waals surface area contributed by atoms with E-state index < -0.39 is 10.0 Å². The number of rotatable bonds is 3. The maximum absolute atomic E-state index is 11.9. The second-order valence-corrected chi connectivity index (χ2v) is 5.52. The molecule has 0 aliphatic heterocycles. The lowest BCUT2D eigenvalue weighted by Gasteiger charge is -2.05. The molecule has 1 aromatic heterocycles. The van der Waals surface area contributed by atoms with Gasteiger partial charge in [0.05, 0.1) is 22.0 Å². The SMILES string of the molecule is N#Cc1cccc(S(=O)(=O)Nc2cscn2)c1. The zero-order valence-corrected chi connectivity index (χ0v) is 10.1. The minimum absolute atomic E-state index is 0.0459. The van der Waals surface area contributed by atoms with Crippen LogP contribution in [-0.2, 0) is 10.0 Å². The number of sulfonamides is 1. The van der Waals surface area contributed by atoms with Crippen molar-refractivity contribution in [3.8, 4) is 6.07 Å². The van der Waals surface area contributed by atoms with Crippen molar-refractivity contribution in [1.82, 2.24) is 4.98 Å². The molecule has 0 aliphatic carbocycles. The quantitative estimate of drug-likeness (QED) is 0.917. The zero-order valence-electron chi connectivity index (χ0n) is 8.49. The largest absolute Gasteiger partial charge is 0.263 e. The molecule has 1 heterocycles. The molecule has 0 unspecified atom stereocenters. The number of thiazole rings is 1. The predicted octanol–water partition coefficient (Wildman–Crippen LogP) is 1.82. The summed E-state index contributed by atoms with van der Waals surface area (Å²) in [5.74, 6) is 0.275. The van der Waals surface area contributed by atoms with Gasteiger partial charge in [-0.3, -0.25) is 4.72 Å². The second-order valence-electron chi connectivity index (χ2n) is 3.12. The molecule has 7 heteroatoms. The van der Waals surface area contributed by atoms with E-state index in [4.69, 9.17) is 5.26 Å². The Balaban J connectivity index is 2.35. The third-order valence-electron chi connectivity index (χ3n) is 1.94. The molecule has 2 rings (SSSR count). The fourth-order valence-corrected chi connectivity index (χ4v) is 2.80. The van der Waals surface area contributed by atoms with Crippen LogP contribution in [0, 0.1) is 11.3 Å². The van der Waals surface area contributed by atoms with E-state index >= 15 is 0 Å². The summed E-state index contributed by atoms with van der Waals surface area (Å²) >= 11 is 1.29. The lowest BCUT2D eigenvalue weighted by molar-refractivity contribution is 0.601. The van der Waals surface area contributed by atoms with E-state index in [2.05, 4.69) is 9.71 Å². The molecular formula is C10H7N3O2S2. The topological polar surface area (TPSA) is 82.8 Å². The van der Waals surface area contributed by atoms with Gasteiger partial charge in [0.25, 0.3) is 10.0 Å². The normalized spacial score (nSPS) is 10.8. The van der Waals surface area contributed by atoms with Gasteiger partial charge in [0.15, 0.2) is 5.82 Å². The van der Waals surface area contributed by atoms with E-state index in [1.807, 2.05) is 6.07 Å². The number of hydrogen-bond acceptors (Lipinski definition) is 5. The molecule has 0 atom stereocenters. The lowest BCUT2D eigenvalue weighted by Crippen LogP contribution is -2.13. The summed E-state index contributed by atoms with van der Waals surface area (Å²) in [5, 5.41) is 10.3. The van der Waals surface area contributed by atoms with Crippen molar-refractivity contribution in [2.45, 2.75) is 4.90 Å². The third-order valence-corrected chi connectivity index (χ3v) is 3.88. The molecular weight excluding hydrogens is 258 g/mol. The van der Waals surface area contributed by atoms with E-state index in [-0.39, 0.29) is 10.7 Å². The number of nitriles is 1. The van der Waals surface area contributed by atoms with Crippen LogP contribution in [0.5, 0.6) is 0 Å². The van der Waals surface area contributed by atoms with Crippen molar-refractivity contribution in [1.29, 1.82) is 5.26 Å². The number of hydrogen-bond donors (Lipinski definition) is 1. The van der Waals surface area contributed by atoms with Gasteiger partial charge in [-0.25, -0.2) is 13.4 Å². The highest BCUT2D eigenvalue weighted by molar-refractivity contribution is 7.92. The fourth-order valence-electron chi connectivity index (χ4n) is 1.19. The molecule has 0 bridgehead atoms. The molecule has 86 valence electrons. The van der Waals surface area contributed by atoms with Crippen LogP contribution in [0.3, 0.4) is 0 Å². The van der Waals surface area contributed by atoms with Crippen LogP contribution >= 0.6 is 11.3 Å². The Morgan fingerprint density at radius 3 is 2.88 bits per heavy atom. The van der Waals surface area contributed by atoms with E-state index in [0.717, 1.165) is 0 Å². The standard InChI is InChI=1S/C10H7N3O2S2/c11-5-8-2-1-3-9(4-8)17(14,15)13-10-6-16-7-12-10/h1-4,6-7,13H. The lowest BCUT2D eigenvalue weighted by atomic mass is 10.2. The number of anilines is 1. The number of nitrogens with zero attached hydrogens (tertiary/aromatic N) is 2. The fraction of sp³-hybridized carbons (Fsp3) is 0. The maximum atomic E-state index is 11.9. The summed E-state index contributed by atoms with van der Waals surface area (Å²) in [6, 6.07) is 7.70. The van der Waals surface area contributed by atoms with Crippen LogP contribution in [-0.4, -0.2) is 13.4 Å². The first-order chi connectivity index (χ1) is 8.12. The molecule has 1 N–H and O–H groups in total. The zero-order chi connectivity index (χ0) is 12.3. The van der Waals surface area contributed by atoms with Crippen LogP contribution in [0.2, 0.25) is 0 Å². The molecule has 0 aliphatic rings. The predicted molar refractivity (Wildman–Crippen MR) is 64.1 cm³/mol. The molecule has 0 radical (unpaired) electrons. The molecule has 1 aromatic carbocycles. The van der Waals surface area contributed by atoms with Crippen LogP contribution < -0.4 is 4.72 Å². The molecule has 0 saturated heterocycles. The van der Waals surface area contributed by atoms with Crippen molar-refractivity contribution < 1.29 is 8.42 Å². The highest BCUT2D eigenvalue weighted by atomic mass is 32.2. The Labute approximate surface area is 102 Å². The molecule has 2 aromatic rings. The Morgan fingerprint density at radius 2 is 2.24 bits per heavy atom. The Bertz CT molecular complexity index is 657. The number of benzene rings is 1. The van der Waals surface area contributed by atoms with Gasteiger partial charge in [0.2, 0.25) is 0 Å². The maximum Gasteiger partial charge on any atom is 0.263 e. The van der Waals surface area contributed by atoms with Crippen molar-refractivity contribution in [2.75, 3.05) is 4.72 Å². The van der Waals surface area contributed by atoms with Gasteiger partial charge in [0.1, 0.15) is 0 Å². The van der Waals surface area contributed by atoms with Gasteiger partial charge in [-0.05, 0) is 18.2 Å². The van der Waals surface area contributed by atoms with E-state index in [1.165, 1.54) is 35.0 Å². The Hall–Kier alpha value is -1.91. The van der Waals surface area contributed by atoms with E-state index in [9.17, 15) is 8.42 Å². The molecule has 17 heavy (non-hydrogen) atoms. The first kappa shape index (κ1) is 11.6. The summed E-state index contributed by atoms with van der Waals surface area (Å²) in [5.41, 5.74) is 1.83. The average Bonchev–Trinajstić information content (AvgIpc) is 2.81. The number of aromatic nitrogens is 1. The van der Waals surface area contributed by atoms with Crippen LogP contribution in [0.4, 0.5) is 5.82 Å². The van der Waals surface area contributed by atoms with Crippen LogP contribution in [0.15, 0.2) is 40.1 Å². The summed E-state index contributed by atoms with van der Waals surface area (Å²) in [6.07, 6.45) is 0. The first-order valence-electron chi connectivity index (χ1n) is 4.53. The summed E-state index contributed by atoms with van der Waals surface area (Å²) in [4.78, 5) is 3.88.